The first kappa shape index (κ1) is 19.0. The number of aliphatic imine (C=N–C) groups is 1. The summed E-state index contributed by atoms with van der Waals surface area (Å²) in [5, 5.41) is 6.41. The fourth-order valence-electron chi connectivity index (χ4n) is 2.60. The molecule has 0 radical (unpaired) electrons. The molecule has 0 amide bonds. The standard InChI is InChI=1S/C19H23N3O4S/c1-20-19(21-13-14-4-7-16(8-5-14)27(2,23)24)22-15-6-9-17-18(12-15)26-11-3-10-25-17/h4-9,12H,3,10-11,13H2,1-2H3,(H2,20,21,22). The molecule has 3 rings (SSSR count). The van der Waals surface area contributed by atoms with Crippen LogP contribution in [-0.4, -0.2) is 40.9 Å². The smallest absolute Gasteiger partial charge is 0.195 e. The van der Waals surface area contributed by atoms with Crippen LogP contribution in [0.1, 0.15) is 12.0 Å². The van der Waals surface area contributed by atoms with Crippen LogP contribution in [0.3, 0.4) is 0 Å². The highest BCUT2D eigenvalue weighted by molar-refractivity contribution is 7.90. The van der Waals surface area contributed by atoms with E-state index in [1.165, 1.54) is 6.26 Å². The average Bonchev–Trinajstić information content (AvgIpc) is 2.89. The number of sulfone groups is 1. The van der Waals surface area contributed by atoms with Crippen LogP contribution in [0.4, 0.5) is 5.69 Å². The second kappa shape index (κ2) is 8.30. The van der Waals surface area contributed by atoms with E-state index in [-0.39, 0.29) is 0 Å². The van der Waals surface area contributed by atoms with E-state index >= 15 is 0 Å². The van der Waals surface area contributed by atoms with Crippen molar-refractivity contribution < 1.29 is 17.9 Å². The number of hydrogen-bond acceptors (Lipinski definition) is 5. The molecule has 8 heteroatoms. The first-order chi connectivity index (χ1) is 13.0. The molecule has 2 aromatic carbocycles. The molecule has 144 valence electrons. The van der Waals surface area contributed by atoms with Crippen molar-refractivity contribution in [1.82, 2.24) is 5.32 Å². The van der Waals surface area contributed by atoms with E-state index < -0.39 is 9.84 Å². The summed E-state index contributed by atoms with van der Waals surface area (Å²) in [6, 6.07) is 12.4. The molecule has 1 aliphatic heterocycles. The van der Waals surface area contributed by atoms with Gasteiger partial charge in [0.25, 0.3) is 0 Å². The zero-order valence-electron chi connectivity index (χ0n) is 15.4. The Balaban J connectivity index is 1.62. The van der Waals surface area contributed by atoms with Crippen LogP contribution in [0, 0.1) is 0 Å². The highest BCUT2D eigenvalue weighted by Crippen LogP contribution is 2.32. The maximum Gasteiger partial charge on any atom is 0.195 e. The zero-order chi connectivity index (χ0) is 19.3. The van der Waals surface area contributed by atoms with Gasteiger partial charge in [-0.3, -0.25) is 4.99 Å². The van der Waals surface area contributed by atoms with Gasteiger partial charge in [0.15, 0.2) is 27.3 Å². The average molecular weight is 389 g/mol. The Labute approximate surface area is 159 Å². The molecule has 7 nitrogen and oxygen atoms in total. The van der Waals surface area contributed by atoms with E-state index in [0.29, 0.717) is 36.4 Å². The van der Waals surface area contributed by atoms with Gasteiger partial charge in [0.1, 0.15) is 0 Å². The van der Waals surface area contributed by atoms with Gasteiger partial charge in [0.2, 0.25) is 0 Å². The van der Waals surface area contributed by atoms with Gasteiger partial charge in [-0.1, -0.05) is 12.1 Å². The summed E-state index contributed by atoms with van der Waals surface area (Å²) in [5.41, 5.74) is 1.78. The summed E-state index contributed by atoms with van der Waals surface area (Å²) < 4.78 is 34.4. The number of guanidine groups is 1. The van der Waals surface area contributed by atoms with Gasteiger partial charge >= 0.3 is 0 Å². The van der Waals surface area contributed by atoms with Crippen molar-refractivity contribution in [2.24, 2.45) is 4.99 Å². The van der Waals surface area contributed by atoms with Crippen LogP contribution in [0.15, 0.2) is 52.4 Å². The number of benzene rings is 2. The Kier molecular flexibility index (Phi) is 5.85. The fraction of sp³-hybridized carbons (Fsp3) is 0.316. The SMILES string of the molecule is CN=C(NCc1ccc(S(C)(=O)=O)cc1)Nc1ccc2c(c1)OCCCO2. The number of nitrogens with zero attached hydrogens (tertiary/aromatic N) is 1. The van der Waals surface area contributed by atoms with Crippen LogP contribution in [-0.2, 0) is 16.4 Å². The van der Waals surface area contributed by atoms with Gasteiger partial charge in [-0.15, -0.1) is 0 Å². The van der Waals surface area contributed by atoms with Crippen molar-refractivity contribution in [3.63, 3.8) is 0 Å². The summed E-state index contributed by atoms with van der Waals surface area (Å²) in [4.78, 5) is 4.52. The predicted molar refractivity (Wildman–Crippen MR) is 105 cm³/mol. The molecule has 0 spiro atoms. The molecular formula is C19H23N3O4S. The van der Waals surface area contributed by atoms with E-state index in [4.69, 9.17) is 9.47 Å². The van der Waals surface area contributed by atoms with Gasteiger partial charge in [0.05, 0.1) is 18.1 Å². The molecule has 0 saturated heterocycles. The zero-order valence-corrected chi connectivity index (χ0v) is 16.2. The second-order valence-electron chi connectivity index (χ2n) is 6.18. The molecule has 1 aliphatic rings. The summed E-state index contributed by atoms with van der Waals surface area (Å²) >= 11 is 0. The second-order valence-corrected chi connectivity index (χ2v) is 8.19. The number of ether oxygens (including phenoxy) is 2. The third kappa shape index (κ3) is 5.13. The third-order valence-corrected chi connectivity index (χ3v) is 5.17. The normalized spacial score (nSPS) is 14.4. The largest absolute Gasteiger partial charge is 0.490 e. The quantitative estimate of drug-likeness (QED) is 0.617. The molecule has 0 bridgehead atoms. The summed E-state index contributed by atoms with van der Waals surface area (Å²) in [7, 11) is -1.50. The lowest BCUT2D eigenvalue weighted by Crippen LogP contribution is -2.30. The monoisotopic (exact) mass is 389 g/mol. The van der Waals surface area contributed by atoms with E-state index in [1.54, 1.807) is 31.3 Å². The molecular weight excluding hydrogens is 366 g/mol. The minimum absolute atomic E-state index is 0.306. The first-order valence-corrected chi connectivity index (χ1v) is 10.5. The van der Waals surface area contributed by atoms with Gasteiger partial charge < -0.3 is 20.1 Å². The Morgan fingerprint density at radius 1 is 1.07 bits per heavy atom. The van der Waals surface area contributed by atoms with Crippen molar-refractivity contribution in [3.05, 3.63) is 48.0 Å². The lowest BCUT2D eigenvalue weighted by Gasteiger charge is -2.14. The van der Waals surface area contributed by atoms with Crippen molar-refractivity contribution >= 4 is 21.5 Å². The van der Waals surface area contributed by atoms with E-state index in [9.17, 15) is 8.42 Å². The highest BCUT2D eigenvalue weighted by atomic mass is 32.2. The Bertz CT molecular complexity index is 924. The van der Waals surface area contributed by atoms with Gasteiger partial charge in [-0.2, -0.15) is 0 Å². The maximum absolute atomic E-state index is 11.5. The number of fused-ring (bicyclic) bond motifs is 1. The lowest BCUT2D eigenvalue weighted by atomic mass is 10.2. The van der Waals surface area contributed by atoms with Gasteiger partial charge in [0, 0.05) is 38.0 Å². The minimum Gasteiger partial charge on any atom is -0.490 e. The predicted octanol–water partition coefficient (Wildman–Crippen LogP) is 2.44. The van der Waals surface area contributed by atoms with Gasteiger partial charge in [-0.05, 0) is 29.8 Å². The van der Waals surface area contributed by atoms with Crippen molar-refractivity contribution in [3.8, 4) is 11.5 Å². The van der Waals surface area contributed by atoms with E-state index in [2.05, 4.69) is 15.6 Å². The molecule has 0 fully saturated rings. The number of rotatable bonds is 4. The Morgan fingerprint density at radius 3 is 2.44 bits per heavy atom. The Morgan fingerprint density at radius 2 is 1.78 bits per heavy atom. The van der Waals surface area contributed by atoms with Crippen LogP contribution < -0.4 is 20.1 Å². The van der Waals surface area contributed by atoms with Crippen molar-refractivity contribution in [1.29, 1.82) is 0 Å². The summed E-state index contributed by atoms with van der Waals surface area (Å²) in [6.45, 7) is 1.79. The van der Waals surface area contributed by atoms with Crippen molar-refractivity contribution in [2.45, 2.75) is 17.9 Å². The molecule has 0 atom stereocenters. The van der Waals surface area contributed by atoms with Crippen LogP contribution in [0.2, 0.25) is 0 Å². The van der Waals surface area contributed by atoms with Crippen molar-refractivity contribution in [2.75, 3.05) is 31.8 Å². The number of anilines is 1. The molecule has 2 N–H and O–H groups in total. The first-order valence-electron chi connectivity index (χ1n) is 8.62. The number of hydrogen-bond donors (Lipinski definition) is 2. The third-order valence-electron chi connectivity index (χ3n) is 4.05. The van der Waals surface area contributed by atoms with E-state index in [1.807, 2.05) is 18.2 Å². The van der Waals surface area contributed by atoms with Crippen LogP contribution in [0.25, 0.3) is 0 Å². The lowest BCUT2D eigenvalue weighted by molar-refractivity contribution is 0.297. The van der Waals surface area contributed by atoms with Crippen LogP contribution in [0.5, 0.6) is 11.5 Å². The molecule has 0 aromatic heterocycles. The Hall–Kier alpha value is -2.74. The maximum atomic E-state index is 11.5. The summed E-state index contributed by atoms with van der Waals surface area (Å²) in [6.07, 6.45) is 2.06. The minimum atomic E-state index is -3.19. The molecule has 0 saturated carbocycles. The van der Waals surface area contributed by atoms with Crippen LogP contribution >= 0.6 is 0 Å². The molecule has 0 unspecified atom stereocenters. The van der Waals surface area contributed by atoms with Gasteiger partial charge in [-0.25, -0.2) is 8.42 Å². The molecule has 0 aliphatic carbocycles. The number of nitrogens with one attached hydrogen (secondary N) is 2. The topological polar surface area (TPSA) is 89.0 Å². The van der Waals surface area contributed by atoms with E-state index in [0.717, 1.165) is 23.4 Å². The molecule has 2 aromatic rings. The fourth-order valence-corrected chi connectivity index (χ4v) is 3.23. The highest BCUT2D eigenvalue weighted by Gasteiger charge is 2.11. The summed E-state index contributed by atoms with van der Waals surface area (Å²) in [5.74, 6) is 2.05. The molecule has 1 heterocycles. The molecule has 27 heavy (non-hydrogen) atoms.